The molecule has 0 spiro atoms. The maximum absolute atomic E-state index is 13.3. The van der Waals surface area contributed by atoms with E-state index in [1.54, 1.807) is 62.8 Å². The lowest BCUT2D eigenvalue weighted by Crippen LogP contribution is -2.30. The lowest BCUT2D eigenvalue weighted by Gasteiger charge is -2.24. The van der Waals surface area contributed by atoms with Crippen LogP contribution in [0.4, 0.5) is 0 Å². The first-order valence-electron chi connectivity index (χ1n) is 10.9. The van der Waals surface area contributed by atoms with Gasteiger partial charge in [0.05, 0.1) is 14.2 Å². The third kappa shape index (κ3) is 5.90. The fraction of sp³-hybridized carbons (Fsp3) is 0.241. The second-order valence-corrected chi connectivity index (χ2v) is 7.92. The number of benzene rings is 3. The van der Waals surface area contributed by atoms with E-state index in [0.29, 0.717) is 22.6 Å². The van der Waals surface area contributed by atoms with Gasteiger partial charge in [-0.25, -0.2) is 0 Å². The average molecular weight is 441 g/mol. The molecule has 0 aliphatic heterocycles. The number of Topliss-reactive ketones (excluding diaryl/α,β-unsaturated/α-hetero) is 2. The summed E-state index contributed by atoms with van der Waals surface area (Å²) < 4.78 is 10.4. The van der Waals surface area contributed by atoms with E-state index in [0.717, 1.165) is 5.56 Å². The predicted octanol–water partition coefficient (Wildman–Crippen LogP) is 5.71. The summed E-state index contributed by atoms with van der Waals surface area (Å²) in [5.41, 5.74) is 1.98. The molecule has 0 saturated carbocycles. The van der Waals surface area contributed by atoms with Crippen molar-refractivity contribution in [1.29, 1.82) is 0 Å². The molecule has 0 N–H and O–H groups in total. The molecule has 0 amide bonds. The number of ether oxygens (including phenoxy) is 2. The number of hydrogen-bond donors (Lipinski definition) is 0. The minimum absolute atomic E-state index is 0.0561. The van der Waals surface area contributed by atoms with Crippen molar-refractivity contribution in [2.24, 2.45) is 17.8 Å². The number of hydrogen-bond acceptors (Lipinski definition) is 4. The van der Waals surface area contributed by atoms with Crippen LogP contribution in [0.25, 0.3) is 0 Å². The Kier molecular flexibility index (Phi) is 8.05. The lowest BCUT2D eigenvalue weighted by molar-refractivity contribution is 0.0824. The fourth-order valence-corrected chi connectivity index (χ4v) is 3.73. The van der Waals surface area contributed by atoms with Crippen LogP contribution in [0.5, 0.6) is 11.5 Å². The summed E-state index contributed by atoms with van der Waals surface area (Å²) in [5.74, 6) is 6.23. The zero-order chi connectivity index (χ0) is 23.8. The smallest absolute Gasteiger partial charge is 0.166 e. The second-order valence-electron chi connectivity index (χ2n) is 7.92. The minimum atomic E-state index is -0.480. The van der Waals surface area contributed by atoms with E-state index in [1.807, 2.05) is 44.2 Å². The van der Waals surface area contributed by atoms with Crippen LogP contribution in [-0.2, 0) is 0 Å². The molecular weight excluding hydrogens is 412 g/mol. The normalized spacial score (nSPS) is 13.1. The Morgan fingerprint density at radius 2 is 1.09 bits per heavy atom. The number of ketones is 2. The highest BCUT2D eigenvalue weighted by atomic mass is 16.5. The van der Waals surface area contributed by atoms with E-state index in [4.69, 9.17) is 9.47 Å². The fourth-order valence-electron chi connectivity index (χ4n) is 3.73. The zero-order valence-electron chi connectivity index (χ0n) is 19.4. The number of carbonyl (C=O) groups is 2. The first-order valence-corrected chi connectivity index (χ1v) is 10.9. The van der Waals surface area contributed by atoms with Crippen LogP contribution < -0.4 is 9.47 Å². The molecule has 3 aromatic rings. The molecule has 0 heterocycles. The summed E-state index contributed by atoms with van der Waals surface area (Å²) >= 11 is 0. The molecule has 0 aliphatic carbocycles. The summed E-state index contributed by atoms with van der Waals surface area (Å²) in [4.78, 5) is 26.6. The van der Waals surface area contributed by atoms with E-state index < -0.39 is 17.8 Å². The zero-order valence-corrected chi connectivity index (χ0v) is 19.4. The molecule has 2 unspecified atom stereocenters. The first kappa shape index (κ1) is 23.8. The van der Waals surface area contributed by atoms with Gasteiger partial charge in [-0.2, -0.15) is 0 Å². The maximum Gasteiger partial charge on any atom is 0.166 e. The van der Waals surface area contributed by atoms with Crippen molar-refractivity contribution < 1.29 is 19.1 Å². The highest BCUT2D eigenvalue weighted by Gasteiger charge is 2.32. The Bertz CT molecular complexity index is 1070. The van der Waals surface area contributed by atoms with E-state index in [9.17, 15) is 9.59 Å². The van der Waals surface area contributed by atoms with Crippen molar-refractivity contribution in [3.05, 3.63) is 95.6 Å². The third-order valence-electron chi connectivity index (χ3n) is 5.81. The van der Waals surface area contributed by atoms with Gasteiger partial charge in [-0.1, -0.05) is 43.9 Å². The average Bonchev–Trinajstić information content (AvgIpc) is 2.88. The molecule has 3 aromatic carbocycles. The summed E-state index contributed by atoms with van der Waals surface area (Å²) in [7, 11) is 3.17. The van der Waals surface area contributed by atoms with E-state index in [1.165, 1.54) is 0 Å². The largest absolute Gasteiger partial charge is 0.497 e. The molecule has 0 aromatic heterocycles. The Morgan fingerprint density at radius 1 is 0.667 bits per heavy atom. The van der Waals surface area contributed by atoms with Gasteiger partial charge in [0.15, 0.2) is 11.6 Å². The van der Waals surface area contributed by atoms with Gasteiger partial charge in [0.1, 0.15) is 11.5 Å². The van der Waals surface area contributed by atoms with Crippen molar-refractivity contribution in [2.75, 3.05) is 14.2 Å². The van der Waals surface area contributed by atoms with E-state index in [-0.39, 0.29) is 11.6 Å². The number of methoxy groups -OCH3 is 2. The van der Waals surface area contributed by atoms with Crippen LogP contribution in [0.2, 0.25) is 0 Å². The molecule has 3 rings (SSSR count). The molecular formula is C29H28O4. The molecule has 0 saturated heterocycles. The Balaban J connectivity index is 1.92. The minimum Gasteiger partial charge on any atom is -0.497 e. The Hall–Kier alpha value is -3.84. The van der Waals surface area contributed by atoms with Crippen LogP contribution in [0.1, 0.15) is 40.1 Å². The number of rotatable bonds is 8. The monoisotopic (exact) mass is 440 g/mol. The molecule has 0 aliphatic rings. The van der Waals surface area contributed by atoms with Crippen LogP contribution in [0.15, 0.2) is 78.9 Å². The van der Waals surface area contributed by atoms with E-state index >= 15 is 0 Å². The Morgan fingerprint density at radius 3 is 1.48 bits per heavy atom. The molecule has 33 heavy (non-hydrogen) atoms. The standard InChI is InChI=1S/C29H28O4/c1-20(28(30)23-11-15-25(32-3)16-12-23)27(19-10-22-8-6-5-7-9-22)21(2)29(31)24-13-17-26(33-4)18-14-24/h5-9,11-18,20-21,27H,1-4H3. The van der Waals surface area contributed by atoms with Crippen LogP contribution in [0, 0.1) is 29.6 Å². The summed E-state index contributed by atoms with van der Waals surface area (Å²) in [5, 5.41) is 0. The molecule has 0 fully saturated rings. The van der Waals surface area contributed by atoms with Crippen molar-refractivity contribution in [1.82, 2.24) is 0 Å². The van der Waals surface area contributed by atoms with Crippen molar-refractivity contribution in [3.8, 4) is 23.3 Å². The molecule has 168 valence electrons. The highest BCUT2D eigenvalue weighted by Crippen LogP contribution is 2.28. The van der Waals surface area contributed by atoms with Crippen molar-refractivity contribution in [3.63, 3.8) is 0 Å². The summed E-state index contributed by atoms with van der Waals surface area (Å²) in [6.07, 6.45) is 0. The first-order chi connectivity index (χ1) is 15.9. The van der Waals surface area contributed by atoms with E-state index in [2.05, 4.69) is 11.8 Å². The van der Waals surface area contributed by atoms with Crippen LogP contribution >= 0.6 is 0 Å². The summed E-state index contributed by atoms with van der Waals surface area (Å²) in [6, 6.07) is 23.6. The molecule has 0 bridgehead atoms. The van der Waals surface area contributed by atoms with Gasteiger partial charge >= 0.3 is 0 Å². The quantitative estimate of drug-likeness (QED) is 0.333. The van der Waals surface area contributed by atoms with Gasteiger partial charge in [0.2, 0.25) is 0 Å². The van der Waals surface area contributed by atoms with Gasteiger partial charge in [-0.05, 0) is 60.7 Å². The SMILES string of the molecule is COc1ccc(C(=O)C(C)C(C#Cc2ccccc2)C(C)C(=O)c2ccc(OC)cc2)cc1. The molecule has 2 atom stereocenters. The van der Waals surface area contributed by atoms with Gasteiger partial charge in [0.25, 0.3) is 0 Å². The van der Waals surface area contributed by atoms with Crippen LogP contribution in [-0.4, -0.2) is 25.8 Å². The number of carbonyl (C=O) groups excluding carboxylic acids is 2. The van der Waals surface area contributed by atoms with Crippen LogP contribution in [0.3, 0.4) is 0 Å². The van der Waals surface area contributed by atoms with Gasteiger partial charge in [0, 0.05) is 34.4 Å². The lowest BCUT2D eigenvalue weighted by atomic mass is 9.77. The third-order valence-corrected chi connectivity index (χ3v) is 5.81. The summed E-state index contributed by atoms with van der Waals surface area (Å²) in [6.45, 7) is 3.68. The second kappa shape index (κ2) is 11.2. The van der Waals surface area contributed by atoms with Gasteiger partial charge < -0.3 is 9.47 Å². The highest BCUT2D eigenvalue weighted by molar-refractivity contribution is 6.01. The molecule has 4 heteroatoms. The maximum atomic E-state index is 13.3. The molecule has 4 nitrogen and oxygen atoms in total. The molecule has 0 radical (unpaired) electrons. The van der Waals surface area contributed by atoms with Crippen molar-refractivity contribution in [2.45, 2.75) is 13.8 Å². The predicted molar refractivity (Wildman–Crippen MR) is 130 cm³/mol. The van der Waals surface area contributed by atoms with Gasteiger partial charge in [-0.3, -0.25) is 9.59 Å². The Labute approximate surface area is 195 Å². The van der Waals surface area contributed by atoms with Gasteiger partial charge in [-0.15, -0.1) is 0 Å². The topological polar surface area (TPSA) is 52.6 Å². The van der Waals surface area contributed by atoms with Crippen molar-refractivity contribution >= 4 is 11.6 Å².